The first kappa shape index (κ1) is 15.3. The predicted molar refractivity (Wildman–Crippen MR) is 63.2 cm³/mol. The molecular formula is C11H24N2O3. The molecule has 0 aliphatic carbocycles. The van der Waals surface area contributed by atoms with Gasteiger partial charge in [0.05, 0.1) is 13.7 Å². The van der Waals surface area contributed by atoms with Crippen LogP contribution in [0.3, 0.4) is 0 Å². The minimum absolute atomic E-state index is 0.114. The van der Waals surface area contributed by atoms with E-state index in [1.807, 2.05) is 0 Å². The minimum atomic E-state index is -0.702. The van der Waals surface area contributed by atoms with Crippen molar-refractivity contribution in [3.05, 3.63) is 0 Å². The van der Waals surface area contributed by atoms with Crippen LogP contribution in [-0.2, 0) is 14.3 Å². The molecule has 3 N–H and O–H groups in total. The molecule has 0 bridgehead atoms. The molecule has 0 aromatic heterocycles. The lowest BCUT2D eigenvalue weighted by Gasteiger charge is -2.29. The molecule has 0 heterocycles. The smallest absolute Gasteiger partial charge is 0.325 e. The van der Waals surface area contributed by atoms with Crippen LogP contribution in [0.1, 0.15) is 26.7 Å². The molecule has 96 valence electrons. The van der Waals surface area contributed by atoms with Crippen molar-refractivity contribution in [1.82, 2.24) is 5.32 Å². The summed E-state index contributed by atoms with van der Waals surface area (Å²) >= 11 is 0. The van der Waals surface area contributed by atoms with E-state index < -0.39 is 5.54 Å². The minimum Gasteiger partial charge on any atom is -0.468 e. The SMILES string of the molecule is COCC(CCCN)NC(C)(C)C(=O)OC. The number of nitrogens with one attached hydrogen (secondary N) is 1. The molecule has 1 unspecified atom stereocenters. The summed E-state index contributed by atoms with van der Waals surface area (Å²) in [7, 11) is 3.03. The van der Waals surface area contributed by atoms with Gasteiger partial charge in [0, 0.05) is 13.2 Å². The maximum absolute atomic E-state index is 11.5. The Morgan fingerprint density at radius 2 is 2.06 bits per heavy atom. The van der Waals surface area contributed by atoms with E-state index in [1.54, 1.807) is 21.0 Å². The van der Waals surface area contributed by atoms with Crippen LogP contribution >= 0.6 is 0 Å². The number of hydrogen-bond acceptors (Lipinski definition) is 5. The van der Waals surface area contributed by atoms with E-state index in [9.17, 15) is 4.79 Å². The number of carbonyl (C=O) groups excluding carboxylic acids is 1. The largest absolute Gasteiger partial charge is 0.468 e. The fraction of sp³-hybridized carbons (Fsp3) is 0.909. The Kier molecular flexibility index (Phi) is 7.29. The van der Waals surface area contributed by atoms with E-state index >= 15 is 0 Å². The highest BCUT2D eigenvalue weighted by molar-refractivity contribution is 5.79. The highest BCUT2D eigenvalue weighted by atomic mass is 16.5. The molecule has 0 spiro atoms. The van der Waals surface area contributed by atoms with Gasteiger partial charge in [-0.2, -0.15) is 0 Å². The third-order valence-electron chi connectivity index (χ3n) is 2.39. The summed E-state index contributed by atoms with van der Waals surface area (Å²) < 4.78 is 9.84. The summed E-state index contributed by atoms with van der Waals surface area (Å²) in [6.07, 6.45) is 1.78. The highest BCUT2D eigenvalue weighted by Gasteiger charge is 2.30. The van der Waals surface area contributed by atoms with Gasteiger partial charge in [-0.3, -0.25) is 10.1 Å². The maximum atomic E-state index is 11.5. The second kappa shape index (κ2) is 7.60. The monoisotopic (exact) mass is 232 g/mol. The number of methoxy groups -OCH3 is 2. The Morgan fingerprint density at radius 3 is 2.50 bits per heavy atom. The average molecular weight is 232 g/mol. The average Bonchev–Trinajstić information content (AvgIpc) is 2.24. The molecule has 0 aromatic rings. The summed E-state index contributed by atoms with van der Waals surface area (Å²) in [4.78, 5) is 11.5. The van der Waals surface area contributed by atoms with E-state index in [4.69, 9.17) is 15.2 Å². The van der Waals surface area contributed by atoms with Crippen LogP contribution in [0.2, 0.25) is 0 Å². The molecule has 0 amide bonds. The fourth-order valence-corrected chi connectivity index (χ4v) is 1.59. The van der Waals surface area contributed by atoms with E-state index in [0.717, 1.165) is 12.8 Å². The third kappa shape index (κ3) is 5.44. The quantitative estimate of drug-likeness (QED) is 0.588. The Balaban J connectivity index is 4.29. The molecule has 5 heteroatoms. The zero-order valence-corrected chi connectivity index (χ0v) is 10.7. The van der Waals surface area contributed by atoms with Crippen LogP contribution in [0.4, 0.5) is 0 Å². The first-order chi connectivity index (χ1) is 7.47. The molecule has 0 fully saturated rings. The van der Waals surface area contributed by atoms with Gasteiger partial charge < -0.3 is 15.2 Å². The van der Waals surface area contributed by atoms with Crippen LogP contribution < -0.4 is 11.1 Å². The van der Waals surface area contributed by atoms with Gasteiger partial charge in [0.15, 0.2) is 0 Å². The van der Waals surface area contributed by atoms with Gasteiger partial charge in [-0.05, 0) is 33.2 Å². The molecular weight excluding hydrogens is 208 g/mol. The molecule has 5 nitrogen and oxygen atoms in total. The van der Waals surface area contributed by atoms with Crippen molar-refractivity contribution >= 4 is 5.97 Å². The summed E-state index contributed by atoms with van der Waals surface area (Å²) in [6.45, 7) is 4.79. The van der Waals surface area contributed by atoms with E-state index in [0.29, 0.717) is 13.2 Å². The Hall–Kier alpha value is -0.650. The van der Waals surface area contributed by atoms with Crippen molar-refractivity contribution in [3.63, 3.8) is 0 Å². The van der Waals surface area contributed by atoms with Gasteiger partial charge >= 0.3 is 5.97 Å². The van der Waals surface area contributed by atoms with Gasteiger partial charge in [0.2, 0.25) is 0 Å². The van der Waals surface area contributed by atoms with E-state index in [-0.39, 0.29) is 12.0 Å². The zero-order valence-electron chi connectivity index (χ0n) is 10.7. The van der Waals surface area contributed by atoms with Crippen molar-refractivity contribution < 1.29 is 14.3 Å². The lowest BCUT2D eigenvalue weighted by atomic mass is 10.0. The fourth-order valence-electron chi connectivity index (χ4n) is 1.59. The molecule has 0 aliphatic heterocycles. The van der Waals surface area contributed by atoms with Crippen molar-refractivity contribution in [2.75, 3.05) is 27.4 Å². The molecule has 0 aliphatic rings. The molecule has 0 saturated heterocycles. The predicted octanol–water partition coefficient (Wildman–Crippen LogP) is 0.282. The number of nitrogens with two attached hydrogens (primary N) is 1. The number of carbonyl (C=O) groups is 1. The Labute approximate surface area is 97.7 Å². The molecule has 16 heavy (non-hydrogen) atoms. The summed E-state index contributed by atoms with van der Waals surface area (Å²) in [5.74, 6) is -0.277. The maximum Gasteiger partial charge on any atom is 0.325 e. The van der Waals surface area contributed by atoms with Crippen molar-refractivity contribution in [3.8, 4) is 0 Å². The van der Waals surface area contributed by atoms with Gasteiger partial charge in [-0.15, -0.1) is 0 Å². The molecule has 0 radical (unpaired) electrons. The van der Waals surface area contributed by atoms with Gasteiger partial charge in [0.1, 0.15) is 5.54 Å². The van der Waals surface area contributed by atoms with E-state index in [1.165, 1.54) is 7.11 Å². The molecule has 0 rings (SSSR count). The lowest BCUT2D eigenvalue weighted by molar-refractivity contribution is -0.147. The second-order valence-corrected chi connectivity index (χ2v) is 4.34. The first-order valence-electron chi connectivity index (χ1n) is 5.53. The van der Waals surface area contributed by atoms with Gasteiger partial charge in [-0.1, -0.05) is 0 Å². The van der Waals surface area contributed by atoms with Crippen LogP contribution in [0.15, 0.2) is 0 Å². The van der Waals surface area contributed by atoms with Crippen LogP contribution in [0.25, 0.3) is 0 Å². The lowest BCUT2D eigenvalue weighted by Crippen LogP contribution is -2.53. The number of ether oxygens (including phenoxy) is 2. The standard InChI is InChI=1S/C11H24N2O3/c1-11(2,10(14)16-4)13-9(8-15-3)6-5-7-12/h9,13H,5-8,12H2,1-4H3. The van der Waals surface area contributed by atoms with Crippen molar-refractivity contribution in [2.24, 2.45) is 5.73 Å². The van der Waals surface area contributed by atoms with Crippen LogP contribution in [-0.4, -0.2) is 44.9 Å². The number of rotatable bonds is 8. The molecule has 1 atom stereocenters. The topological polar surface area (TPSA) is 73.6 Å². The third-order valence-corrected chi connectivity index (χ3v) is 2.39. The summed E-state index contributed by atoms with van der Waals surface area (Å²) in [5.41, 5.74) is 4.76. The zero-order chi connectivity index (χ0) is 12.6. The van der Waals surface area contributed by atoms with E-state index in [2.05, 4.69) is 5.32 Å². The number of hydrogen-bond donors (Lipinski definition) is 2. The molecule has 0 aromatic carbocycles. The Morgan fingerprint density at radius 1 is 1.44 bits per heavy atom. The first-order valence-corrected chi connectivity index (χ1v) is 5.53. The highest BCUT2D eigenvalue weighted by Crippen LogP contribution is 2.09. The van der Waals surface area contributed by atoms with Crippen LogP contribution in [0, 0.1) is 0 Å². The summed E-state index contributed by atoms with van der Waals surface area (Å²) in [6, 6.07) is 0.114. The number of esters is 1. The van der Waals surface area contributed by atoms with Crippen LogP contribution in [0.5, 0.6) is 0 Å². The van der Waals surface area contributed by atoms with Gasteiger partial charge in [-0.25, -0.2) is 0 Å². The normalized spacial score (nSPS) is 13.6. The summed E-state index contributed by atoms with van der Waals surface area (Å²) in [5, 5.41) is 3.22. The Bertz CT molecular complexity index is 207. The van der Waals surface area contributed by atoms with Crippen molar-refractivity contribution in [2.45, 2.75) is 38.3 Å². The second-order valence-electron chi connectivity index (χ2n) is 4.34. The van der Waals surface area contributed by atoms with Crippen molar-refractivity contribution in [1.29, 1.82) is 0 Å². The van der Waals surface area contributed by atoms with Gasteiger partial charge in [0.25, 0.3) is 0 Å². The molecule has 0 saturated carbocycles.